The van der Waals surface area contributed by atoms with Gasteiger partial charge in [0.1, 0.15) is 21.4 Å². The lowest BCUT2D eigenvalue weighted by molar-refractivity contribution is -0.142. The van der Waals surface area contributed by atoms with Crippen LogP contribution in [0.15, 0.2) is 36.4 Å². The predicted octanol–water partition coefficient (Wildman–Crippen LogP) is -0.346. The highest BCUT2D eigenvalue weighted by Gasteiger charge is 2.37. The number of fused-ring (bicyclic) bond motifs is 1. The van der Waals surface area contributed by atoms with E-state index in [0.717, 1.165) is 24.2 Å². The standard InChI is InChI=1S/C34H43B2N7O7/c35-26-17-22(18-27(36)31(26)45)19-29(32(46)40-10-6-24(7-11-40)42-16-15-39(21-42)20-30(44)38-49)50-34(48)41-12-8-25(9-13-41)43-14-5-23-3-1-2-4-28(23)37-33(43)47/h1-4,17-18,24-25,29,45,49H,5-16,19-21H2,(H,37,47)(H,38,44)/t29-/m1/s1. The molecule has 0 spiro atoms. The maximum absolute atomic E-state index is 14.0. The molecule has 2 aromatic carbocycles. The molecule has 16 heteroatoms. The van der Waals surface area contributed by atoms with Crippen LogP contribution in [0.2, 0.25) is 0 Å². The van der Waals surface area contributed by atoms with Crippen molar-refractivity contribution in [3.05, 3.63) is 47.5 Å². The number of nitrogens with zero attached hydrogens (tertiary/aromatic N) is 5. The zero-order valence-corrected chi connectivity index (χ0v) is 28.1. The molecule has 6 rings (SSSR count). The number of benzene rings is 2. The second-order valence-electron chi connectivity index (χ2n) is 13.5. The summed E-state index contributed by atoms with van der Waals surface area (Å²) in [5, 5.41) is 22.0. The lowest BCUT2D eigenvalue weighted by atomic mass is 9.83. The van der Waals surface area contributed by atoms with Gasteiger partial charge in [-0.1, -0.05) is 41.3 Å². The zero-order valence-electron chi connectivity index (χ0n) is 28.1. The SMILES string of the molecule is [B]c1cc(C[C@@H](OC(=O)N2CCC(N3CCc4ccccc4NC3=O)CC2)C(=O)N2CCC(N3CCN(CC(=O)NO)C3)CC2)cc([B])c1O. The van der Waals surface area contributed by atoms with Crippen LogP contribution in [0.4, 0.5) is 15.3 Å². The third-order valence-corrected chi connectivity index (χ3v) is 10.3. The van der Waals surface area contributed by atoms with E-state index in [9.17, 15) is 24.3 Å². The molecule has 262 valence electrons. The predicted molar refractivity (Wildman–Crippen MR) is 186 cm³/mol. The quantitative estimate of drug-likeness (QED) is 0.166. The van der Waals surface area contributed by atoms with Crippen LogP contribution in [0, 0.1) is 0 Å². The molecule has 0 aliphatic carbocycles. The van der Waals surface area contributed by atoms with Crippen LogP contribution in [-0.4, -0.2) is 152 Å². The molecule has 4 heterocycles. The number of piperidine rings is 2. The Kier molecular flexibility index (Phi) is 11.2. The lowest BCUT2D eigenvalue weighted by Gasteiger charge is -2.39. The molecule has 4 N–H and O–H groups in total. The summed E-state index contributed by atoms with van der Waals surface area (Å²) in [6.45, 7) is 4.48. The molecule has 3 saturated heterocycles. The topological polar surface area (TPSA) is 158 Å². The Bertz CT molecular complexity index is 1560. The zero-order chi connectivity index (χ0) is 35.4. The van der Waals surface area contributed by atoms with E-state index in [1.165, 1.54) is 12.1 Å². The molecule has 3 fully saturated rings. The lowest BCUT2D eigenvalue weighted by Crippen LogP contribution is -2.52. The van der Waals surface area contributed by atoms with Gasteiger partial charge in [0.05, 0.1) is 13.2 Å². The smallest absolute Gasteiger partial charge is 0.410 e. The summed E-state index contributed by atoms with van der Waals surface area (Å²) in [4.78, 5) is 61.6. The third kappa shape index (κ3) is 8.19. The molecule has 4 radical (unpaired) electrons. The Morgan fingerprint density at radius 3 is 2.28 bits per heavy atom. The van der Waals surface area contributed by atoms with Gasteiger partial charge in [-0.05, 0) is 49.3 Å². The number of phenols is 1. The van der Waals surface area contributed by atoms with Crippen LogP contribution in [0.25, 0.3) is 0 Å². The van der Waals surface area contributed by atoms with Crippen molar-refractivity contribution < 1.29 is 34.2 Å². The average Bonchev–Trinajstić information content (AvgIpc) is 3.51. The molecule has 2 aromatic rings. The summed E-state index contributed by atoms with van der Waals surface area (Å²) >= 11 is 0. The number of hydrogen-bond acceptors (Lipinski definition) is 9. The van der Waals surface area contributed by atoms with E-state index in [1.807, 2.05) is 34.1 Å². The first kappa shape index (κ1) is 35.6. The normalized spacial score (nSPS) is 20.2. The highest BCUT2D eigenvalue weighted by molar-refractivity contribution is 6.41. The van der Waals surface area contributed by atoms with Crippen LogP contribution >= 0.6 is 0 Å². The fraction of sp³-hybridized carbons (Fsp3) is 0.529. The number of phenolic OH excluding ortho intramolecular Hbond substituents is 1. The molecular formula is C34H43B2N7O7. The van der Waals surface area contributed by atoms with Gasteiger partial charge < -0.3 is 29.9 Å². The summed E-state index contributed by atoms with van der Waals surface area (Å²) in [6.07, 6.45) is 1.61. The van der Waals surface area contributed by atoms with Crippen LogP contribution in [-0.2, 0) is 27.2 Å². The van der Waals surface area contributed by atoms with Crippen molar-refractivity contribution in [3.8, 4) is 5.75 Å². The van der Waals surface area contributed by atoms with E-state index in [-0.39, 0.29) is 53.7 Å². The number of hydrogen-bond donors (Lipinski definition) is 4. The summed E-state index contributed by atoms with van der Waals surface area (Å²) < 4.78 is 5.95. The van der Waals surface area contributed by atoms with Crippen molar-refractivity contribution in [2.24, 2.45) is 0 Å². The van der Waals surface area contributed by atoms with Gasteiger partial charge in [0.15, 0.2) is 6.10 Å². The Balaban J connectivity index is 1.07. The number of rotatable bonds is 8. The van der Waals surface area contributed by atoms with E-state index in [4.69, 9.17) is 25.6 Å². The molecule has 4 aliphatic heterocycles. The molecule has 0 unspecified atom stereocenters. The minimum atomic E-state index is -1.14. The highest BCUT2D eigenvalue weighted by Crippen LogP contribution is 2.26. The molecule has 0 saturated carbocycles. The number of urea groups is 1. The first-order valence-corrected chi connectivity index (χ1v) is 17.3. The number of nitrogens with one attached hydrogen (secondary N) is 2. The maximum Gasteiger partial charge on any atom is 0.410 e. The first-order valence-electron chi connectivity index (χ1n) is 17.3. The Labute approximate surface area is 294 Å². The van der Waals surface area contributed by atoms with Crippen LogP contribution < -0.4 is 21.7 Å². The molecule has 5 amide bonds. The van der Waals surface area contributed by atoms with Gasteiger partial charge in [-0.2, -0.15) is 0 Å². The Morgan fingerprint density at radius 2 is 1.58 bits per heavy atom. The van der Waals surface area contributed by atoms with Crippen molar-refractivity contribution in [1.29, 1.82) is 0 Å². The number of carbonyl (C=O) groups excluding carboxylic acids is 4. The van der Waals surface area contributed by atoms with Gasteiger partial charge in [0, 0.05) is 70.0 Å². The van der Waals surface area contributed by atoms with Gasteiger partial charge in [-0.15, -0.1) is 0 Å². The second kappa shape index (κ2) is 15.7. The maximum atomic E-state index is 14.0. The Hall–Kier alpha value is -4.27. The minimum Gasteiger partial charge on any atom is -0.509 e. The Morgan fingerprint density at radius 1 is 0.920 bits per heavy atom. The van der Waals surface area contributed by atoms with Crippen molar-refractivity contribution in [1.82, 2.24) is 30.0 Å². The van der Waals surface area contributed by atoms with E-state index < -0.39 is 18.1 Å². The molecule has 1 atom stereocenters. The minimum absolute atomic E-state index is 0.0260. The number of aromatic hydroxyl groups is 1. The molecule has 4 aliphatic rings. The number of likely N-dealkylation sites (tertiary alicyclic amines) is 2. The monoisotopic (exact) mass is 683 g/mol. The summed E-state index contributed by atoms with van der Waals surface area (Å²) in [5.41, 5.74) is 4.27. The van der Waals surface area contributed by atoms with Crippen LogP contribution in [0.3, 0.4) is 0 Å². The van der Waals surface area contributed by atoms with Crippen molar-refractivity contribution >= 4 is 56.2 Å². The van der Waals surface area contributed by atoms with Crippen LogP contribution in [0.1, 0.15) is 36.8 Å². The van der Waals surface area contributed by atoms with E-state index >= 15 is 0 Å². The second-order valence-corrected chi connectivity index (χ2v) is 13.5. The third-order valence-electron chi connectivity index (χ3n) is 10.3. The van der Waals surface area contributed by atoms with Gasteiger partial charge in [-0.3, -0.25) is 24.6 Å². The van der Waals surface area contributed by atoms with Crippen molar-refractivity contribution in [3.63, 3.8) is 0 Å². The number of amides is 5. The summed E-state index contributed by atoms with van der Waals surface area (Å²) in [7, 11) is 11.9. The average molecular weight is 683 g/mol. The molecule has 50 heavy (non-hydrogen) atoms. The van der Waals surface area contributed by atoms with E-state index in [2.05, 4.69) is 10.2 Å². The fourth-order valence-corrected chi connectivity index (χ4v) is 7.54. The molecule has 0 bridgehead atoms. The summed E-state index contributed by atoms with van der Waals surface area (Å²) in [5.74, 6) is -1.01. The van der Waals surface area contributed by atoms with Gasteiger partial charge >= 0.3 is 12.1 Å². The van der Waals surface area contributed by atoms with E-state index in [1.54, 1.807) is 15.3 Å². The van der Waals surface area contributed by atoms with Gasteiger partial charge in [0.25, 0.3) is 11.8 Å². The molecule has 14 nitrogen and oxygen atoms in total. The molecular weight excluding hydrogens is 640 g/mol. The number of anilines is 1. The van der Waals surface area contributed by atoms with Crippen molar-refractivity contribution in [2.45, 2.75) is 56.7 Å². The highest BCUT2D eigenvalue weighted by atomic mass is 16.6. The largest absolute Gasteiger partial charge is 0.509 e. The molecule has 0 aromatic heterocycles. The van der Waals surface area contributed by atoms with Gasteiger partial charge in [-0.25, -0.2) is 15.1 Å². The number of carbonyl (C=O) groups is 4. The van der Waals surface area contributed by atoms with Crippen LogP contribution in [0.5, 0.6) is 5.75 Å². The summed E-state index contributed by atoms with van der Waals surface area (Å²) in [6, 6.07) is 10.9. The number of para-hydroxylation sites is 1. The first-order chi connectivity index (χ1) is 24.1. The fourth-order valence-electron chi connectivity index (χ4n) is 7.54. The number of hydroxylamine groups is 1. The van der Waals surface area contributed by atoms with Crippen molar-refractivity contribution in [2.75, 3.05) is 64.3 Å². The number of ether oxygens (including phenoxy) is 1. The van der Waals surface area contributed by atoms with E-state index in [0.29, 0.717) is 77.2 Å². The van der Waals surface area contributed by atoms with Gasteiger partial charge in [0.2, 0.25) is 0 Å².